The molecule has 0 spiro atoms. The summed E-state index contributed by atoms with van der Waals surface area (Å²) in [5.74, 6) is 3.96. The van der Waals surface area contributed by atoms with E-state index in [0.29, 0.717) is 36.4 Å². The fraction of sp³-hybridized carbons (Fsp3) is 0.500. The van der Waals surface area contributed by atoms with Gasteiger partial charge in [0, 0.05) is 42.2 Å². The fourth-order valence-electron chi connectivity index (χ4n) is 8.08. The van der Waals surface area contributed by atoms with Gasteiger partial charge in [0.25, 0.3) is 5.91 Å². The van der Waals surface area contributed by atoms with Crippen molar-refractivity contribution in [3.8, 4) is 11.5 Å². The molecule has 9 rings (SSSR count). The van der Waals surface area contributed by atoms with Crippen LogP contribution in [0, 0.1) is 23.7 Å². The Hall–Kier alpha value is -2.71. The van der Waals surface area contributed by atoms with Gasteiger partial charge in [0.05, 0.1) is 22.3 Å². The van der Waals surface area contributed by atoms with Gasteiger partial charge in [-0.2, -0.15) is 0 Å². The summed E-state index contributed by atoms with van der Waals surface area (Å²) in [4.78, 5) is 26.0. The summed E-state index contributed by atoms with van der Waals surface area (Å²) in [6.07, 6.45) is 5.54. The number of aromatic nitrogens is 4. The zero-order valence-corrected chi connectivity index (χ0v) is 23.0. The number of rotatable bonds is 4. The number of nitrogens with zero attached hydrogens (tertiary/aromatic N) is 5. The summed E-state index contributed by atoms with van der Waals surface area (Å²) in [5.41, 5.74) is 4.28. The van der Waals surface area contributed by atoms with Crippen LogP contribution in [0.2, 0.25) is 0 Å². The van der Waals surface area contributed by atoms with Crippen molar-refractivity contribution in [3.63, 3.8) is 0 Å². The van der Waals surface area contributed by atoms with E-state index >= 15 is 0 Å². The molecule has 3 aliphatic carbocycles. The van der Waals surface area contributed by atoms with Gasteiger partial charge in [-0.3, -0.25) is 4.79 Å². The molecule has 1 aromatic carbocycles. The van der Waals surface area contributed by atoms with Crippen molar-refractivity contribution in [3.05, 3.63) is 46.1 Å². The van der Waals surface area contributed by atoms with Crippen LogP contribution >= 0.6 is 15.9 Å². The van der Waals surface area contributed by atoms with Crippen molar-refractivity contribution < 1.29 is 9.90 Å². The van der Waals surface area contributed by atoms with Crippen LogP contribution in [0.1, 0.15) is 54.9 Å². The first kappa shape index (κ1) is 22.1. The molecule has 8 heteroatoms. The van der Waals surface area contributed by atoms with Gasteiger partial charge in [-0.1, -0.05) is 0 Å². The largest absolute Gasteiger partial charge is 0.385 e. The third kappa shape index (κ3) is 2.91. The number of carbonyl (C=O) groups is 1. The first-order valence-electron chi connectivity index (χ1n) is 14.1. The number of halogens is 1. The molecular formula is C30H30BrN5O2. The number of hydrogen-bond acceptors (Lipinski definition) is 4. The van der Waals surface area contributed by atoms with Gasteiger partial charge in [0.15, 0.2) is 5.82 Å². The van der Waals surface area contributed by atoms with Gasteiger partial charge in [0.1, 0.15) is 10.3 Å². The number of carbonyl (C=O) groups excluding carboxylic acids is 1. The number of likely N-dealkylation sites (tertiary alicyclic amines) is 1. The van der Waals surface area contributed by atoms with E-state index in [1.54, 1.807) is 0 Å². The molecule has 4 unspecified atom stereocenters. The molecule has 1 amide bonds. The Balaban J connectivity index is 1.22. The summed E-state index contributed by atoms with van der Waals surface area (Å²) in [7, 11) is 0. The van der Waals surface area contributed by atoms with Crippen molar-refractivity contribution in [2.75, 3.05) is 6.54 Å². The lowest BCUT2D eigenvalue weighted by Gasteiger charge is -2.52. The van der Waals surface area contributed by atoms with Crippen LogP contribution in [0.4, 0.5) is 0 Å². The summed E-state index contributed by atoms with van der Waals surface area (Å²) in [6, 6.07) is 10.6. The predicted octanol–water partition coefficient (Wildman–Crippen LogP) is 5.32. The van der Waals surface area contributed by atoms with Crippen LogP contribution in [0.5, 0.6) is 0 Å². The van der Waals surface area contributed by atoms with Gasteiger partial charge in [-0.25, -0.2) is 9.97 Å². The maximum atomic E-state index is 13.8. The number of pyridine rings is 1. The number of aryl methyl sites for hydroxylation is 1. The lowest BCUT2D eigenvalue weighted by molar-refractivity contribution is -0.0204. The van der Waals surface area contributed by atoms with Crippen LogP contribution in [0.3, 0.4) is 0 Å². The molecule has 38 heavy (non-hydrogen) atoms. The van der Waals surface area contributed by atoms with Gasteiger partial charge in [-0.05, 0) is 109 Å². The molecule has 1 saturated heterocycles. The first-order valence-corrected chi connectivity index (χ1v) is 14.9. The van der Waals surface area contributed by atoms with Crippen LogP contribution in [-0.2, 0) is 18.7 Å². The number of imidazole rings is 1. The Bertz CT molecular complexity index is 1700. The monoisotopic (exact) mass is 571 g/mol. The molecule has 5 aliphatic rings. The standard InChI is InChI=1S/C30H30BrN5O2/c1-30(38)6-7-34-26-20(30)9-18(29(37)36-14-19-8-17-12-22(36)25(17)19)10-21(26)32-28(34)23-11-16-4-5-24(31)33-27(16)35(23)13-15-2-3-15/h4-5,9-11,15,17,19,22,25,38H,2-3,6-8,12-14H2,1H3/t17?,19?,22?,25-,30?/m1/s1. The SMILES string of the molecule is CC1(O)CCn2c(-c3cc4ccc(Br)nc4n3CC3CC3)nc3cc(C(=O)N4CC5CC6CC4[C@H]65)cc1c32. The molecule has 5 atom stereocenters. The highest BCUT2D eigenvalue weighted by Crippen LogP contribution is 2.61. The van der Waals surface area contributed by atoms with Gasteiger partial charge in [0.2, 0.25) is 0 Å². The second kappa shape index (κ2) is 7.27. The highest BCUT2D eigenvalue weighted by molar-refractivity contribution is 9.10. The fourth-order valence-corrected chi connectivity index (χ4v) is 8.38. The summed E-state index contributed by atoms with van der Waals surface area (Å²) in [5, 5.41) is 12.6. The van der Waals surface area contributed by atoms with Crippen LogP contribution < -0.4 is 0 Å². The average Bonchev–Trinajstić information content (AvgIpc) is 3.53. The zero-order valence-electron chi connectivity index (χ0n) is 21.4. The van der Waals surface area contributed by atoms with Crippen molar-refractivity contribution in [2.45, 2.75) is 63.8 Å². The second-order valence-corrected chi connectivity index (χ2v) is 13.5. The minimum absolute atomic E-state index is 0.107. The van der Waals surface area contributed by atoms with Crippen molar-refractivity contribution in [2.24, 2.45) is 23.7 Å². The van der Waals surface area contributed by atoms with Crippen molar-refractivity contribution in [1.29, 1.82) is 0 Å². The molecule has 4 aromatic rings. The summed E-state index contributed by atoms with van der Waals surface area (Å²) >= 11 is 3.56. The highest BCUT2D eigenvalue weighted by atomic mass is 79.9. The molecule has 7 nitrogen and oxygen atoms in total. The van der Waals surface area contributed by atoms with E-state index in [9.17, 15) is 9.90 Å². The third-order valence-corrected chi connectivity index (χ3v) is 10.8. The first-order chi connectivity index (χ1) is 18.4. The molecular weight excluding hydrogens is 542 g/mol. The Labute approximate surface area is 229 Å². The predicted molar refractivity (Wildman–Crippen MR) is 148 cm³/mol. The Kier molecular flexibility index (Phi) is 4.24. The van der Waals surface area contributed by atoms with Crippen molar-refractivity contribution in [1.82, 2.24) is 24.0 Å². The molecule has 194 valence electrons. The molecule has 3 aromatic heterocycles. The van der Waals surface area contributed by atoms with Crippen LogP contribution in [-0.4, -0.2) is 47.6 Å². The molecule has 0 bridgehead atoms. The molecule has 3 saturated carbocycles. The number of hydrogen-bond donors (Lipinski definition) is 1. The maximum Gasteiger partial charge on any atom is 0.254 e. The van der Waals surface area contributed by atoms with E-state index in [1.165, 1.54) is 19.3 Å². The Morgan fingerprint density at radius 3 is 2.82 bits per heavy atom. The summed E-state index contributed by atoms with van der Waals surface area (Å²) < 4.78 is 5.42. The average molecular weight is 573 g/mol. The van der Waals surface area contributed by atoms with Crippen LogP contribution in [0.25, 0.3) is 33.6 Å². The lowest BCUT2D eigenvalue weighted by atomic mass is 9.53. The highest BCUT2D eigenvalue weighted by Gasteiger charge is 2.61. The van der Waals surface area contributed by atoms with E-state index in [4.69, 9.17) is 9.97 Å². The topological polar surface area (TPSA) is 76.2 Å². The summed E-state index contributed by atoms with van der Waals surface area (Å²) in [6.45, 7) is 4.38. The van der Waals surface area contributed by atoms with E-state index in [1.807, 2.05) is 25.1 Å². The third-order valence-electron chi connectivity index (χ3n) is 10.3. The molecule has 0 radical (unpaired) electrons. The molecule has 5 heterocycles. The number of amides is 1. The number of aliphatic hydroxyl groups is 1. The number of fused-ring (bicyclic) bond motifs is 1. The van der Waals surface area contributed by atoms with Gasteiger partial charge < -0.3 is 19.1 Å². The lowest BCUT2D eigenvalue weighted by Crippen LogP contribution is -2.53. The number of benzene rings is 1. The molecule has 4 fully saturated rings. The van der Waals surface area contributed by atoms with E-state index in [-0.39, 0.29) is 5.91 Å². The van der Waals surface area contributed by atoms with E-state index < -0.39 is 5.60 Å². The zero-order chi connectivity index (χ0) is 25.5. The smallest absolute Gasteiger partial charge is 0.254 e. The maximum absolute atomic E-state index is 13.8. The quantitative estimate of drug-likeness (QED) is 0.336. The minimum Gasteiger partial charge on any atom is -0.385 e. The Morgan fingerprint density at radius 1 is 1.16 bits per heavy atom. The van der Waals surface area contributed by atoms with E-state index in [0.717, 1.165) is 75.1 Å². The molecule has 2 aliphatic heterocycles. The van der Waals surface area contributed by atoms with Gasteiger partial charge in [-0.15, -0.1) is 0 Å². The minimum atomic E-state index is -0.999. The van der Waals surface area contributed by atoms with Crippen molar-refractivity contribution >= 4 is 43.9 Å². The normalized spacial score (nSPS) is 31.0. The van der Waals surface area contributed by atoms with Gasteiger partial charge >= 0.3 is 0 Å². The van der Waals surface area contributed by atoms with E-state index in [2.05, 4.69) is 42.1 Å². The Morgan fingerprint density at radius 2 is 2.03 bits per heavy atom. The second-order valence-electron chi connectivity index (χ2n) is 12.7. The molecule has 1 N–H and O–H groups in total. The van der Waals surface area contributed by atoms with Crippen LogP contribution in [0.15, 0.2) is 34.9 Å².